The van der Waals surface area contributed by atoms with Gasteiger partial charge >= 0.3 is 0 Å². The molecule has 18 heavy (non-hydrogen) atoms. The topological polar surface area (TPSA) is 39.1 Å². The van der Waals surface area contributed by atoms with Crippen LogP contribution in [0.25, 0.3) is 0 Å². The predicted molar refractivity (Wildman–Crippen MR) is 74.8 cm³/mol. The van der Waals surface area contributed by atoms with Crippen molar-refractivity contribution in [3.63, 3.8) is 0 Å². The summed E-state index contributed by atoms with van der Waals surface area (Å²) < 4.78 is 7.16. The molecular formula is C14H27N3O. The normalized spacial score (nSPS) is 14.8. The molecule has 0 fully saturated rings. The van der Waals surface area contributed by atoms with Crippen LogP contribution in [-0.4, -0.2) is 30.0 Å². The average Bonchev–Trinajstić information content (AvgIpc) is 2.58. The minimum Gasteiger partial charge on any atom is -0.385 e. The van der Waals surface area contributed by atoms with Crippen LogP contribution >= 0.6 is 0 Å². The maximum atomic E-state index is 5.19. The Bertz CT molecular complexity index is 373. The van der Waals surface area contributed by atoms with Gasteiger partial charge in [-0.2, -0.15) is 5.10 Å². The molecule has 0 amide bonds. The van der Waals surface area contributed by atoms with Gasteiger partial charge in [0, 0.05) is 38.1 Å². The summed E-state index contributed by atoms with van der Waals surface area (Å²) in [7, 11) is 3.77. The summed E-state index contributed by atoms with van der Waals surface area (Å²) in [4.78, 5) is 0. The molecule has 4 heteroatoms. The smallest absolute Gasteiger partial charge is 0.0644 e. The molecule has 0 aliphatic rings. The number of nitrogens with one attached hydrogen (secondary N) is 1. The molecule has 104 valence electrons. The predicted octanol–water partition coefficient (Wildman–Crippen LogP) is 2.36. The van der Waals surface area contributed by atoms with Crippen molar-refractivity contribution in [2.45, 2.75) is 40.2 Å². The highest BCUT2D eigenvalue weighted by Crippen LogP contribution is 2.29. The van der Waals surface area contributed by atoms with Crippen LogP contribution in [0.1, 0.15) is 43.3 Å². The van der Waals surface area contributed by atoms with Gasteiger partial charge in [0.2, 0.25) is 0 Å². The quantitative estimate of drug-likeness (QED) is 0.811. The summed E-state index contributed by atoms with van der Waals surface area (Å²) in [6.45, 7) is 10.4. The van der Waals surface area contributed by atoms with Gasteiger partial charge in [0.1, 0.15) is 0 Å². The molecule has 0 spiro atoms. The number of aromatic nitrogens is 2. The van der Waals surface area contributed by atoms with Crippen LogP contribution in [0.3, 0.4) is 0 Å². The lowest BCUT2D eigenvalue weighted by Gasteiger charge is -2.25. The minimum atomic E-state index is 0.360. The Morgan fingerprint density at radius 2 is 2.06 bits per heavy atom. The summed E-state index contributed by atoms with van der Waals surface area (Å²) in [5.74, 6) is 0.534. The van der Waals surface area contributed by atoms with Crippen LogP contribution in [0.2, 0.25) is 0 Å². The van der Waals surface area contributed by atoms with E-state index < -0.39 is 0 Å². The molecule has 1 aromatic rings. The van der Waals surface area contributed by atoms with Gasteiger partial charge in [-0.1, -0.05) is 13.8 Å². The van der Waals surface area contributed by atoms with Gasteiger partial charge in [0.25, 0.3) is 0 Å². The van der Waals surface area contributed by atoms with Crippen molar-refractivity contribution in [1.82, 2.24) is 15.1 Å². The van der Waals surface area contributed by atoms with Crippen molar-refractivity contribution in [2.24, 2.45) is 13.0 Å². The zero-order chi connectivity index (χ0) is 13.7. The maximum Gasteiger partial charge on any atom is 0.0644 e. The largest absolute Gasteiger partial charge is 0.385 e. The van der Waals surface area contributed by atoms with E-state index in [2.05, 4.69) is 38.1 Å². The van der Waals surface area contributed by atoms with Crippen molar-refractivity contribution in [3.05, 3.63) is 17.0 Å². The molecule has 0 saturated heterocycles. The molecule has 0 aliphatic carbocycles. The molecule has 1 aromatic heterocycles. The lowest BCUT2D eigenvalue weighted by molar-refractivity contribution is 0.170. The Hall–Kier alpha value is -0.870. The summed E-state index contributed by atoms with van der Waals surface area (Å²) >= 11 is 0. The average molecular weight is 253 g/mol. The highest BCUT2D eigenvalue weighted by molar-refractivity contribution is 5.28. The van der Waals surface area contributed by atoms with Crippen LogP contribution < -0.4 is 5.32 Å². The van der Waals surface area contributed by atoms with Crippen LogP contribution in [-0.2, 0) is 11.8 Å². The first-order valence-corrected chi connectivity index (χ1v) is 6.75. The fourth-order valence-corrected chi connectivity index (χ4v) is 2.52. The van der Waals surface area contributed by atoms with Crippen LogP contribution in [0, 0.1) is 19.8 Å². The van der Waals surface area contributed by atoms with Crippen molar-refractivity contribution in [3.8, 4) is 0 Å². The van der Waals surface area contributed by atoms with Crippen molar-refractivity contribution < 1.29 is 4.74 Å². The second-order valence-corrected chi connectivity index (χ2v) is 5.00. The SMILES string of the molecule is CCNC(c1c(C)nn(C)c1C)C(C)CCOC. The van der Waals surface area contributed by atoms with Gasteiger partial charge in [-0.3, -0.25) is 4.68 Å². The summed E-state index contributed by atoms with van der Waals surface area (Å²) in [6.07, 6.45) is 1.06. The molecular weight excluding hydrogens is 226 g/mol. The zero-order valence-corrected chi connectivity index (χ0v) is 12.6. The molecule has 0 saturated carbocycles. The van der Waals surface area contributed by atoms with Crippen LogP contribution in [0.15, 0.2) is 0 Å². The second-order valence-electron chi connectivity index (χ2n) is 5.00. The minimum absolute atomic E-state index is 0.360. The summed E-state index contributed by atoms with van der Waals surface area (Å²) in [5, 5.41) is 8.12. The maximum absolute atomic E-state index is 5.19. The van der Waals surface area contributed by atoms with Crippen LogP contribution in [0.4, 0.5) is 0 Å². The first-order valence-electron chi connectivity index (χ1n) is 6.75. The van der Waals surface area contributed by atoms with E-state index >= 15 is 0 Å². The Balaban J connectivity index is 2.96. The number of rotatable bonds is 7. The monoisotopic (exact) mass is 253 g/mol. The van der Waals surface area contributed by atoms with E-state index in [1.165, 1.54) is 11.3 Å². The third kappa shape index (κ3) is 3.33. The zero-order valence-electron chi connectivity index (χ0n) is 12.6. The van der Waals surface area contributed by atoms with Crippen molar-refractivity contribution in [2.75, 3.05) is 20.3 Å². The van der Waals surface area contributed by atoms with Gasteiger partial charge < -0.3 is 10.1 Å². The Kier molecular flexibility index (Phi) is 5.82. The Morgan fingerprint density at radius 3 is 2.50 bits per heavy atom. The number of methoxy groups -OCH3 is 1. The number of nitrogens with zero attached hydrogens (tertiary/aromatic N) is 2. The molecule has 0 aromatic carbocycles. The molecule has 1 rings (SSSR count). The summed E-state index contributed by atoms with van der Waals surface area (Å²) in [6, 6.07) is 0.360. The molecule has 0 aliphatic heterocycles. The lowest BCUT2D eigenvalue weighted by atomic mass is 9.90. The first-order chi connectivity index (χ1) is 8.52. The molecule has 0 radical (unpaired) electrons. The third-order valence-electron chi connectivity index (χ3n) is 3.65. The first kappa shape index (κ1) is 15.2. The van der Waals surface area contributed by atoms with Crippen LogP contribution in [0.5, 0.6) is 0 Å². The number of ether oxygens (including phenoxy) is 1. The Labute approximate surface area is 111 Å². The van der Waals surface area contributed by atoms with E-state index in [0.29, 0.717) is 12.0 Å². The van der Waals surface area contributed by atoms with E-state index in [4.69, 9.17) is 4.74 Å². The number of hydrogen-bond acceptors (Lipinski definition) is 3. The Morgan fingerprint density at radius 1 is 1.39 bits per heavy atom. The molecule has 1 heterocycles. The van der Waals surface area contributed by atoms with E-state index in [0.717, 1.165) is 25.3 Å². The van der Waals surface area contributed by atoms with Gasteiger partial charge in [0.05, 0.1) is 5.69 Å². The number of aryl methyl sites for hydroxylation is 2. The second kappa shape index (κ2) is 6.90. The summed E-state index contributed by atoms with van der Waals surface area (Å²) in [5.41, 5.74) is 3.73. The molecule has 2 atom stereocenters. The molecule has 0 bridgehead atoms. The van der Waals surface area contributed by atoms with E-state index in [-0.39, 0.29) is 0 Å². The van der Waals surface area contributed by atoms with Gasteiger partial charge in [-0.25, -0.2) is 0 Å². The molecule has 2 unspecified atom stereocenters. The van der Waals surface area contributed by atoms with E-state index in [1.807, 2.05) is 11.7 Å². The van der Waals surface area contributed by atoms with Crippen molar-refractivity contribution in [1.29, 1.82) is 0 Å². The van der Waals surface area contributed by atoms with E-state index in [1.54, 1.807) is 7.11 Å². The fraction of sp³-hybridized carbons (Fsp3) is 0.786. The van der Waals surface area contributed by atoms with E-state index in [9.17, 15) is 0 Å². The highest BCUT2D eigenvalue weighted by Gasteiger charge is 2.24. The standard InChI is InChI=1S/C14H27N3O/c1-7-15-14(10(2)8-9-18-6)13-11(3)16-17(5)12(13)4/h10,14-15H,7-9H2,1-6H3. The van der Waals surface area contributed by atoms with Gasteiger partial charge in [-0.05, 0) is 32.7 Å². The van der Waals surface area contributed by atoms with Gasteiger partial charge in [-0.15, -0.1) is 0 Å². The van der Waals surface area contributed by atoms with Crippen molar-refractivity contribution >= 4 is 0 Å². The molecule has 1 N–H and O–H groups in total. The highest BCUT2D eigenvalue weighted by atomic mass is 16.5. The molecule has 4 nitrogen and oxygen atoms in total. The fourth-order valence-electron chi connectivity index (χ4n) is 2.52. The van der Waals surface area contributed by atoms with Gasteiger partial charge in [0.15, 0.2) is 0 Å². The third-order valence-corrected chi connectivity index (χ3v) is 3.65. The number of hydrogen-bond donors (Lipinski definition) is 1. The lowest BCUT2D eigenvalue weighted by Crippen LogP contribution is -2.28.